The molecule has 10 nitrogen and oxygen atoms in total. The zero-order valence-corrected chi connectivity index (χ0v) is 23.2. The van der Waals surface area contributed by atoms with Gasteiger partial charge < -0.3 is 19.5 Å². The van der Waals surface area contributed by atoms with Crippen molar-refractivity contribution in [3.63, 3.8) is 0 Å². The van der Waals surface area contributed by atoms with Crippen molar-refractivity contribution in [2.75, 3.05) is 0 Å². The van der Waals surface area contributed by atoms with E-state index in [1.54, 1.807) is 0 Å². The third-order valence-corrected chi connectivity index (χ3v) is 6.53. The van der Waals surface area contributed by atoms with Gasteiger partial charge in [0, 0.05) is 17.8 Å². The maximum absolute atomic E-state index is 13.9. The van der Waals surface area contributed by atoms with Crippen LogP contribution in [0.4, 0.5) is 8.78 Å². The van der Waals surface area contributed by atoms with Crippen molar-refractivity contribution in [2.24, 2.45) is 0 Å². The van der Waals surface area contributed by atoms with E-state index in [2.05, 4.69) is 0 Å². The maximum atomic E-state index is 13.9. The summed E-state index contributed by atoms with van der Waals surface area (Å²) in [5, 5.41) is 20.3. The number of aromatic nitrogens is 3. The van der Waals surface area contributed by atoms with E-state index in [-0.39, 0.29) is 40.5 Å². The average molecular weight is 590 g/mol. The highest BCUT2D eigenvalue weighted by molar-refractivity contribution is 6.31. The minimum absolute atomic E-state index is 0.00521. The summed E-state index contributed by atoms with van der Waals surface area (Å²) < 4.78 is 35.0. The first kappa shape index (κ1) is 29.8. The molecule has 0 saturated heterocycles. The Labute approximate surface area is 236 Å². The molecule has 2 aromatic carbocycles. The highest BCUT2D eigenvalue weighted by Crippen LogP contribution is 2.24. The number of carbonyl (C=O) groups excluding carboxylic acids is 2. The van der Waals surface area contributed by atoms with E-state index in [0.29, 0.717) is 20.8 Å². The van der Waals surface area contributed by atoms with Crippen LogP contribution in [0.1, 0.15) is 48.4 Å². The van der Waals surface area contributed by atoms with Crippen LogP contribution in [-0.4, -0.2) is 46.9 Å². The van der Waals surface area contributed by atoms with Crippen molar-refractivity contribution < 1.29 is 33.3 Å². The predicted molar refractivity (Wildman–Crippen MR) is 146 cm³/mol. The number of hydrogen-bond acceptors (Lipinski definition) is 7. The summed E-state index contributed by atoms with van der Waals surface area (Å²) in [6.45, 7) is 4.36. The lowest BCUT2D eigenvalue weighted by molar-refractivity contribution is 0.0368. The average Bonchev–Trinajstić information content (AvgIpc) is 3.15. The summed E-state index contributed by atoms with van der Waals surface area (Å²) >= 11 is 6.22. The summed E-state index contributed by atoms with van der Waals surface area (Å²) in [5.74, 6) is -3.58. The third-order valence-electron chi connectivity index (χ3n) is 6.18. The molecule has 0 aliphatic heterocycles. The first-order valence-corrected chi connectivity index (χ1v) is 12.6. The number of rotatable bonds is 7. The first-order valence-electron chi connectivity index (χ1n) is 12.3. The fourth-order valence-corrected chi connectivity index (χ4v) is 4.26. The molecular formula is C28H26ClF2N3O7. The van der Waals surface area contributed by atoms with E-state index in [4.69, 9.17) is 16.3 Å². The second-order valence-corrected chi connectivity index (χ2v) is 10.8. The summed E-state index contributed by atoms with van der Waals surface area (Å²) in [6, 6.07) is 8.66. The standard InChI is InChI=1S/C28H26ClF2N3O7/c1-27(2,39)24(36)33-19-8-5-15(11-20(19)34(26(33)38)25(37)28(3,4)40)13-32-10-9-21(22(29)23(32)35)41-14-16-6-7-17(30)12-18(16)31/h5-12,39-40H,13-14H2,1-4H3. The minimum atomic E-state index is -1.98. The first-order chi connectivity index (χ1) is 19.0. The molecule has 2 N–H and O–H groups in total. The van der Waals surface area contributed by atoms with Gasteiger partial charge in [0.2, 0.25) is 0 Å². The number of imidazole rings is 1. The Balaban J connectivity index is 1.71. The van der Waals surface area contributed by atoms with Gasteiger partial charge in [0.15, 0.2) is 0 Å². The molecule has 0 aliphatic carbocycles. The fraction of sp³-hybridized carbons (Fsp3) is 0.286. The molecule has 13 heteroatoms. The van der Waals surface area contributed by atoms with E-state index in [1.165, 1.54) is 68.8 Å². The number of pyridine rings is 1. The topological polar surface area (TPSA) is 133 Å². The minimum Gasteiger partial charge on any atom is -0.487 e. The Morgan fingerprint density at radius 2 is 1.51 bits per heavy atom. The monoisotopic (exact) mass is 589 g/mol. The molecule has 0 unspecified atom stereocenters. The Kier molecular flexibility index (Phi) is 7.78. The van der Waals surface area contributed by atoms with Crippen LogP contribution in [0.15, 0.2) is 58.3 Å². The van der Waals surface area contributed by atoms with E-state index < -0.39 is 45.9 Å². The number of halogens is 3. The van der Waals surface area contributed by atoms with Crippen LogP contribution in [0.25, 0.3) is 11.0 Å². The lowest BCUT2D eigenvalue weighted by Gasteiger charge is -2.16. The molecule has 41 heavy (non-hydrogen) atoms. The van der Waals surface area contributed by atoms with Crippen LogP contribution in [-0.2, 0) is 13.2 Å². The van der Waals surface area contributed by atoms with Gasteiger partial charge in [-0.15, -0.1) is 0 Å². The quantitative estimate of drug-likeness (QED) is 0.338. The van der Waals surface area contributed by atoms with Crippen LogP contribution in [0.2, 0.25) is 5.02 Å². The van der Waals surface area contributed by atoms with E-state index in [9.17, 15) is 38.2 Å². The van der Waals surface area contributed by atoms with Crippen LogP contribution < -0.4 is 16.0 Å². The van der Waals surface area contributed by atoms with E-state index >= 15 is 0 Å². The van der Waals surface area contributed by atoms with Gasteiger partial charge in [-0.25, -0.2) is 22.7 Å². The van der Waals surface area contributed by atoms with Crippen molar-refractivity contribution in [3.8, 4) is 5.75 Å². The molecule has 0 saturated carbocycles. The lowest BCUT2D eigenvalue weighted by Crippen LogP contribution is -2.45. The Morgan fingerprint density at radius 1 is 0.902 bits per heavy atom. The number of nitrogens with zero attached hydrogens (tertiary/aromatic N) is 3. The maximum Gasteiger partial charge on any atom is 0.343 e. The van der Waals surface area contributed by atoms with E-state index in [1.807, 2.05) is 0 Å². The number of aliphatic hydroxyl groups is 2. The van der Waals surface area contributed by atoms with Gasteiger partial charge in [-0.2, -0.15) is 0 Å². The molecule has 0 atom stereocenters. The Hall–Kier alpha value is -4.13. The van der Waals surface area contributed by atoms with Gasteiger partial charge in [-0.05, 0) is 63.6 Å². The molecule has 4 rings (SSSR count). The van der Waals surface area contributed by atoms with Gasteiger partial charge >= 0.3 is 5.69 Å². The van der Waals surface area contributed by atoms with Crippen molar-refractivity contribution in [2.45, 2.75) is 52.0 Å². The number of carbonyl (C=O) groups is 2. The van der Waals surface area contributed by atoms with Crippen LogP contribution in [0.5, 0.6) is 5.75 Å². The fourth-order valence-electron chi connectivity index (χ4n) is 4.04. The largest absolute Gasteiger partial charge is 0.487 e. The van der Waals surface area contributed by atoms with Crippen LogP contribution >= 0.6 is 11.6 Å². The summed E-state index contributed by atoms with van der Waals surface area (Å²) in [7, 11) is 0. The molecule has 2 aromatic heterocycles. The number of ether oxygens (including phenoxy) is 1. The van der Waals surface area contributed by atoms with Crippen molar-refractivity contribution in [1.82, 2.24) is 13.7 Å². The summed E-state index contributed by atoms with van der Waals surface area (Å²) in [6.07, 6.45) is 1.37. The van der Waals surface area contributed by atoms with Crippen molar-refractivity contribution in [1.29, 1.82) is 0 Å². The summed E-state index contributed by atoms with van der Waals surface area (Å²) in [4.78, 5) is 52.0. The zero-order valence-electron chi connectivity index (χ0n) is 22.4. The molecule has 0 bridgehead atoms. The molecule has 4 aromatic rings. The highest BCUT2D eigenvalue weighted by Gasteiger charge is 2.35. The third kappa shape index (κ3) is 5.85. The van der Waals surface area contributed by atoms with Crippen molar-refractivity contribution >= 4 is 34.4 Å². The second-order valence-electron chi connectivity index (χ2n) is 10.5. The number of hydrogen-bond donors (Lipinski definition) is 2. The predicted octanol–water partition coefficient (Wildman–Crippen LogP) is 3.35. The summed E-state index contributed by atoms with van der Waals surface area (Å²) in [5.41, 5.74) is -5.21. The number of benzene rings is 2. The number of fused-ring (bicyclic) bond motifs is 1. The molecule has 216 valence electrons. The molecule has 0 radical (unpaired) electrons. The highest BCUT2D eigenvalue weighted by atomic mass is 35.5. The Bertz CT molecular complexity index is 1810. The molecule has 0 fully saturated rings. The van der Waals surface area contributed by atoms with Gasteiger partial charge in [0.25, 0.3) is 17.4 Å². The second kappa shape index (κ2) is 10.7. The smallest absolute Gasteiger partial charge is 0.343 e. The molecule has 0 spiro atoms. The Morgan fingerprint density at radius 3 is 2.10 bits per heavy atom. The van der Waals surface area contributed by atoms with Gasteiger partial charge in [0.1, 0.15) is 40.2 Å². The van der Waals surface area contributed by atoms with Crippen LogP contribution in [0, 0.1) is 11.6 Å². The van der Waals surface area contributed by atoms with Gasteiger partial charge in [-0.1, -0.05) is 17.7 Å². The lowest BCUT2D eigenvalue weighted by atomic mass is 10.1. The zero-order chi connectivity index (χ0) is 30.4. The van der Waals surface area contributed by atoms with Gasteiger partial charge in [0.05, 0.1) is 17.6 Å². The SMILES string of the molecule is CC(C)(O)C(=O)n1c(=O)n(C(=O)C(C)(C)O)c2cc(Cn3ccc(OCc4ccc(F)cc4F)c(Cl)c3=O)ccc21. The molecule has 0 amide bonds. The van der Waals surface area contributed by atoms with Crippen LogP contribution in [0.3, 0.4) is 0 Å². The van der Waals surface area contributed by atoms with Gasteiger partial charge in [-0.3, -0.25) is 14.4 Å². The van der Waals surface area contributed by atoms with E-state index in [0.717, 1.165) is 6.07 Å². The molecule has 2 heterocycles. The molecule has 0 aliphatic rings. The van der Waals surface area contributed by atoms with Crippen molar-refractivity contribution in [3.05, 3.63) is 97.3 Å². The molecular weight excluding hydrogens is 564 g/mol. The normalized spacial score (nSPS) is 12.1.